The van der Waals surface area contributed by atoms with Gasteiger partial charge in [0.2, 0.25) is 0 Å². The minimum absolute atomic E-state index is 0.0450. The summed E-state index contributed by atoms with van der Waals surface area (Å²) in [6, 6.07) is 3.61. The van der Waals surface area contributed by atoms with E-state index in [9.17, 15) is 13.6 Å². The van der Waals surface area contributed by atoms with Crippen LogP contribution < -0.4 is 0 Å². The fraction of sp³-hybridized carbons (Fsp3) is 0.308. The fourth-order valence-electron chi connectivity index (χ4n) is 1.73. The molecule has 0 amide bonds. The Morgan fingerprint density at radius 2 is 2.00 bits per heavy atom. The molecule has 0 atom stereocenters. The van der Waals surface area contributed by atoms with Gasteiger partial charge in [-0.05, 0) is 26.0 Å². The number of nitrogens with zero attached hydrogens (tertiary/aromatic N) is 3. The van der Waals surface area contributed by atoms with E-state index in [2.05, 4.69) is 10.3 Å². The lowest BCUT2D eigenvalue weighted by Gasteiger charge is -2.06. The normalized spacial score (nSPS) is 10.6. The van der Waals surface area contributed by atoms with Gasteiger partial charge in [-0.3, -0.25) is 0 Å². The average molecular weight is 281 g/mol. The standard InChI is InChI=1S/C13H13F2N3O2/c1-3-20-13(19)12-8(2)18(17-16-12)7-9-10(14)5-4-6-11(9)15/h4-6H,3,7H2,1-2H3. The highest BCUT2D eigenvalue weighted by molar-refractivity contribution is 5.88. The minimum atomic E-state index is -0.669. The summed E-state index contributed by atoms with van der Waals surface area (Å²) in [6.45, 7) is 3.33. The summed E-state index contributed by atoms with van der Waals surface area (Å²) >= 11 is 0. The van der Waals surface area contributed by atoms with Gasteiger partial charge in [-0.1, -0.05) is 11.3 Å². The van der Waals surface area contributed by atoms with E-state index in [-0.39, 0.29) is 24.4 Å². The van der Waals surface area contributed by atoms with Crippen molar-refractivity contribution in [3.63, 3.8) is 0 Å². The molecule has 0 bridgehead atoms. The highest BCUT2D eigenvalue weighted by Crippen LogP contribution is 2.15. The van der Waals surface area contributed by atoms with Gasteiger partial charge in [0.25, 0.3) is 0 Å². The molecule has 7 heteroatoms. The minimum Gasteiger partial charge on any atom is -0.461 e. The Bertz CT molecular complexity index is 620. The second-order valence-corrected chi connectivity index (χ2v) is 4.10. The lowest BCUT2D eigenvalue weighted by molar-refractivity contribution is 0.0518. The highest BCUT2D eigenvalue weighted by atomic mass is 19.1. The van der Waals surface area contributed by atoms with Gasteiger partial charge in [-0.15, -0.1) is 5.10 Å². The van der Waals surface area contributed by atoms with Gasteiger partial charge in [0.1, 0.15) is 11.6 Å². The molecule has 0 aliphatic rings. The molecule has 2 rings (SSSR count). The number of rotatable bonds is 4. The van der Waals surface area contributed by atoms with Gasteiger partial charge in [0.05, 0.1) is 18.8 Å². The molecule has 1 aromatic carbocycles. The Hall–Kier alpha value is -2.31. The molecule has 0 unspecified atom stereocenters. The molecule has 0 N–H and O–H groups in total. The molecule has 1 heterocycles. The van der Waals surface area contributed by atoms with Crippen molar-refractivity contribution in [2.75, 3.05) is 6.61 Å². The molecule has 1 aromatic heterocycles. The van der Waals surface area contributed by atoms with Crippen molar-refractivity contribution in [2.24, 2.45) is 0 Å². The first-order valence-electron chi connectivity index (χ1n) is 6.04. The summed E-state index contributed by atoms with van der Waals surface area (Å²) in [4.78, 5) is 11.6. The highest BCUT2D eigenvalue weighted by Gasteiger charge is 2.19. The molecule has 0 fully saturated rings. The number of ether oxygens (including phenoxy) is 1. The van der Waals surface area contributed by atoms with E-state index < -0.39 is 17.6 Å². The summed E-state index contributed by atoms with van der Waals surface area (Å²) in [5, 5.41) is 7.41. The van der Waals surface area contributed by atoms with Gasteiger partial charge < -0.3 is 4.74 Å². The van der Waals surface area contributed by atoms with Crippen molar-refractivity contribution in [3.05, 3.63) is 46.8 Å². The Balaban J connectivity index is 2.29. The van der Waals surface area contributed by atoms with Crippen molar-refractivity contribution in [1.29, 1.82) is 0 Å². The molecule has 20 heavy (non-hydrogen) atoms. The number of hydrogen-bond acceptors (Lipinski definition) is 4. The van der Waals surface area contributed by atoms with E-state index in [0.29, 0.717) is 5.69 Å². The summed E-state index contributed by atoms with van der Waals surface area (Å²) in [7, 11) is 0. The van der Waals surface area contributed by atoms with Crippen molar-refractivity contribution < 1.29 is 18.3 Å². The van der Waals surface area contributed by atoms with Crippen molar-refractivity contribution in [1.82, 2.24) is 15.0 Å². The number of esters is 1. The summed E-state index contributed by atoms with van der Waals surface area (Å²) < 4.78 is 33.2. The van der Waals surface area contributed by atoms with Gasteiger partial charge in [-0.25, -0.2) is 18.3 Å². The first-order chi connectivity index (χ1) is 9.54. The van der Waals surface area contributed by atoms with Crippen LogP contribution >= 0.6 is 0 Å². The van der Waals surface area contributed by atoms with E-state index in [0.717, 1.165) is 12.1 Å². The summed E-state index contributed by atoms with van der Waals surface area (Å²) in [5.74, 6) is -1.94. The van der Waals surface area contributed by atoms with Crippen molar-refractivity contribution in [2.45, 2.75) is 20.4 Å². The Morgan fingerprint density at radius 3 is 2.60 bits per heavy atom. The lowest BCUT2D eigenvalue weighted by Crippen LogP contribution is -2.10. The number of halogens is 2. The molecule has 0 saturated carbocycles. The molecule has 0 spiro atoms. The first-order valence-corrected chi connectivity index (χ1v) is 6.04. The van der Waals surface area contributed by atoms with E-state index in [4.69, 9.17) is 4.74 Å². The fourth-order valence-corrected chi connectivity index (χ4v) is 1.73. The third-order valence-electron chi connectivity index (χ3n) is 2.82. The van der Waals surface area contributed by atoms with Crippen LogP contribution in [0.15, 0.2) is 18.2 Å². The molecule has 0 radical (unpaired) electrons. The first kappa shape index (κ1) is 14.1. The Morgan fingerprint density at radius 1 is 1.35 bits per heavy atom. The zero-order valence-corrected chi connectivity index (χ0v) is 11.1. The van der Waals surface area contributed by atoms with Crippen LogP contribution in [0, 0.1) is 18.6 Å². The second-order valence-electron chi connectivity index (χ2n) is 4.10. The second kappa shape index (κ2) is 5.77. The predicted octanol–water partition coefficient (Wildman–Crippen LogP) is 2.09. The monoisotopic (exact) mass is 281 g/mol. The maximum Gasteiger partial charge on any atom is 0.360 e. The zero-order chi connectivity index (χ0) is 14.7. The number of hydrogen-bond donors (Lipinski definition) is 0. The predicted molar refractivity (Wildman–Crippen MR) is 66.2 cm³/mol. The summed E-state index contributed by atoms with van der Waals surface area (Å²) in [6.07, 6.45) is 0. The number of aromatic nitrogens is 3. The van der Waals surface area contributed by atoms with E-state index in [1.54, 1.807) is 13.8 Å². The molecular formula is C13H13F2N3O2. The SMILES string of the molecule is CCOC(=O)c1nnn(Cc2c(F)cccc2F)c1C. The van der Waals surface area contributed by atoms with Crippen LogP contribution in [-0.2, 0) is 11.3 Å². The molecule has 0 aliphatic carbocycles. The van der Waals surface area contributed by atoms with Crippen LogP contribution in [0.1, 0.15) is 28.7 Å². The van der Waals surface area contributed by atoms with E-state index in [1.165, 1.54) is 10.7 Å². The third kappa shape index (κ3) is 2.66. The molecule has 5 nitrogen and oxygen atoms in total. The maximum absolute atomic E-state index is 13.6. The van der Waals surface area contributed by atoms with Crippen LogP contribution in [-0.4, -0.2) is 27.6 Å². The van der Waals surface area contributed by atoms with Gasteiger partial charge >= 0.3 is 5.97 Å². The largest absolute Gasteiger partial charge is 0.461 e. The quantitative estimate of drug-likeness (QED) is 0.805. The number of carbonyl (C=O) groups excluding carboxylic acids is 1. The molecule has 0 aliphatic heterocycles. The number of benzene rings is 1. The van der Waals surface area contributed by atoms with E-state index in [1.807, 2.05) is 0 Å². The van der Waals surface area contributed by atoms with Crippen LogP contribution in [0.4, 0.5) is 8.78 Å². The maximum atomic E-state index is 13.6. The topological polar surface area (TPSA) is 57.0 Å². The molecular weight excluding hydrogens is 268 g/mol. The Kier molecular flexibility index (Phi) is 4.07. The molecule has 0 saturated heterocycles. The van der Waals surface area contributed by atoms with E-state index >= 15 is 0 Å². The van der Waals surface area contributed by atoms with Gasteiger partial charge in [0, 0.05) is 5.56 Å². The molecule has 2 aromatic rings. The van der Waals surface area contributed by atoms with Crippen LogP contribution in [0.25, 0.3) is 0 Å². The average Bonchev–Trinajstić information content (AvgIpc) is 2.76. The smallest absolute Gasteiger partial charge is 0.360 e. The van der Waals surface area contributed by atoms with Gasteiger partial charge in [0.15, 0.2) is 5.69 Å². The van der Waals surface area contributed by atoms with Crippen molar-refractivity contribution in [3.8, 4) is 0 Å². The lowest BCUT2D eigenvalue weighted by atomic mass is 10.2. The van der Waals surface area contributed by atoms with Crippen molar-refractivity contribution >= 4 is 5.97 Å². The third-order valence-corrected chi connectivity index (χ3v) is 2.82. The number of carbonyl (C=O) groups is 1. The van der Waals surface area contributed by atoms with Crippen LogP contribution in [0.3, 0.4) is 0 Å². The molecule has 106 valence electrons. The summed E-state index contributed by atoms with van der Waals surface area (Å²) in [5.41, 5.74) is 0.311. The Labute approximate surface area is 114 Å². The van der Waals surface area contributed by atoms with Crippen LogP contribution in [0.5, 0.6) is 0 Å². The zero-order valence-electron chi connectivity index (χ0n) is 11.1. The van der Waals surface area contributed by atoms with Crippen LogP contribution in [0.2, 0.25) is 0 Å². The van der Waals surface area contributed by atoms with Gasteiger partial charge in [-0.2, -0.15) is 0 Å².